The number of aryl methyl sites for hydroxylation is 1. The Morgan fingerprint density at radius 3 is 2.68 bits per heavy atom. The summed E-state index contributed by atoms with van der Waals surface area (Å²) in [7, 11) is 2.00. The average Bonchev–Trinajstić information content (AvgIpc) is 2.58. The van der Waals surface area contributed by atoms with Gasteiger partial charge in [-0.2, -0.15) is 0 Å². The van der Waals surface area contributed by atoms with E-state index in [9.17, 15) is 9.18 Å². The van der Waals surface area contributed by atoms with Gasteiger partial charge in [0.05, 0.1) is 6.61 Å². The molecule has 138 valence electrons. The molecule has 0 fully saturated rings. The van der Waals surface area contributed by atoms with Crippen molar-refractivity contribution in [3.8, 4) is 5.75 Å². The molecule has 1 aromatic carbocycles. The van der Waals surface area contributed by atoms with Crippen molar-refractivity contribution in [2.75, 3.05) is 26.8 Å². The van der Waals surface area contributed by atoms with Crippen molar-refractivity contribution in [3.05, 3.63) is 53.5 Å². The molecule has 0 aliphatic rings. The third kappa shape index (κ3) is 7.42. The lowest BCUT2D eigenvalue weighted by Crippen LogP contribution is -2.15. The number of halogens is 1. The summed E-state index contributed by atoms with van der Waals surface area (Å²) in [5.41, 5.74) is 2.38. The molecular formula is C20H28FNO3. The molecule has 1 aromatic rings. The van der Waals surface area contributed by atoms with E-state index in [2.05, 4.69) is 18.4 Å². The van der Waals surface area contributed by atoms with Gasteiger partial charge in [-0.3, -0.25) is 4.79 Å². The first-order chi connectivity index (χ1) is 11.9. The molecule has 0 N–H and O–H groups in total. The Kier molecular flexibility index (Phi) is 8.75. The van der Waals surface area contributed by atoms with Crippen LogP contribution in [0.5, 0.6) is 5.75 Å². The molecule has 0 unspecified atom stereocenters. The fourth-order valence-electron chi connectivity index (χ4n) is 2.16. The van der Waals surface area contributed by atoms with Crippen LogP contribution in [0.2, 0.25) is 0 Å². The van der Waals surface area contributed by atoms with Gasteiger partial charge in [-0.1, -0.05) is 12.6 Å². The normalized spacial score (nSPS) is 11.2. The molecule has 0 aliphatic heterocycles. The number of esters is 1. The Balaban J connectivity index is 2.57. The molecule has 0 radical (unpaired) electrons. The summed E-state index contributed by atoms with van der Waals surface area (Å²) in [6, 6.07) is 4.67. The molecule has 0 saturated heterocycles. The first-order valence-corrected chi connectivity index (χ1v) is 8.51. The number of rotatable bonds is 10. The largest absolute Gasteiger partial charge is 0.489 e. The molecule has 0 amide bonds. The van der Waals surface area contributed by atoms with Crippen LogP contribution in [0.4, 0.5) is 4.39 Å². The van der Waals surface area contributed by atoms with Gasteiger partial charge in [0.1, 0.15) is 18.2 Å². The van der Waals surface area contributed by atoms with Gasteiger partial charge in [0, 0.05) is 31.8 Å². The van der Waals surface area contributed by atoms with Crippen LogP contribution in [-0.4, -0.2) is 37.7 Å². The Labute approximate surface area is 149 Å². The zero-order valence-electron chi connectivity index (χ0n) is 15.6. The SMILES string of the molecule is C=C(/C=C(\C)N(C)CC)COc1ccc(CCC(=O)OCC)c(F)c1. The first kappa shape index (κ1) is 20.7. The fourth-order valence-corrected chi connectivity index (χ4v) is 2.16. The molecule has 1 rings (SSSR count). The van der Waals surface area contributed by atoms with E-state index in [0.29, 0.717) is 24.3 Å². The van der Waals surface area contributed by atoms with Crippen LogP contribution in [0.3, 0.4) is 0 Å². The van der Waals surface area contributed by atoms with Gasteiger partial charge in [0.15, 0.2) is 0 Å². The maximum Gasteiger partial charge on any atom is 0.306 e. The van der Waals surface area contributed by atoms with E-state index >= 15 is 0 Å². The predicted molar refractivity (Wildman–Crippen MR) is 98.1 cm³/mol. The zero-order valence-corrected chi connectivity index (χ0v) is 15.6. The summed E-state index contributed by atoms with van der Waals surface area (Å²) in [5, 5.41) is 0. The summed E-state index contributed by atoms with van der Waals surface area (Å²) < 4.78 is 24.5. The first-order valence-electron chi connectivity index (χ1n) is 8.51. The lowest BCUT2D eigenvalue weighted by molar-refractivity contribution is -0.143. The van der Waals surface area contributed by atoms with Gasteiger partial charge in [0.2, 0.25) is 0 Å². The minimum Gasteiger partial charge on any atom is -0.489 e. The molecule has 0 bridgehead atoms. The second kappa shape index (κ2) is 10.5. The van der Waals surface area contributed by atoms with Crippen LogP contribution >= 0.6 is 0 Å². The second-order valence-corrected chi connectivity index (χ2v) is 5.81. The lowest BCUT2D eigenvalue weighted by Gasteiger charge is -2.17. The summed E-state index contributed by atoms with van der Waals surface area (Å²) in [5.74, 6) is -0.268. The van der Waals surface area contributed by atoms with E-state index in [-0.39, 0.29) is 24.8 Å². The van der Waals surface area contributed by atoms with Crippen LogP contribution in [0, 0.1) is 5.82 Å². The van der Waals surface area contributed by atoms with E-state index in [1.54, 1.807) is 19.1 Å². The van der Waals surface area contributed by atoms with E-state index < -0.39 is 0 Å². The topological polar surface area (TPSA) is 38.8 Å². The van der Waals surface area contributed by atoms with E-state index in [4.69, 9.17) is 9.47 Å². The summed E-state index contributed by atoms with van der Waals surface area (Å²) in [6.45, 7) is 11.3. The summed E-state index contributed by atoms with van der Waals surface area (Å²) in [6.07, 6.45) is 2.42. The number of carbonyl (C=O) groups excluding carboxylic acids is 1. The molecule has 5 heteroatoms. The number of allylic oxidation sites excluding steroid dienone is 1. The van der Waals surface area contributed by atoms with Crippen LogP contribution in [0.1, 0.15) is 32.8 Å². The number of hydrogen-bond donors (Lipinski definition) is 0. The molecule has 0 atom stereocenters. The third-order valence-electron chi connectivity index (χ3n) is 3.84. The standard InChI is InChI=1S/C20H28FNO3/c1-6-22(5)16(4)12-15(3)14-25-18-10-8-17(19(21)13-18)9-11-20(23)24-7-2/h8,10,12-13H,3,6-7,9,11,14H2,1-2,4-5H3/b16-12+. The molecular weight excluding hydrogens is 321 g/mol. The van der Waals surface area contributed by atoms with Gasteiger partial charge in [0.25, 0.3) is 0 Å². The molecule has 4 nitrogen and oxygen atoms in total. The molecule has 0 heterocycles. The van der Waals surface area contributed by atoms with Crippen molar-refractivity contribution in [3.63, 3.8) is 0 Å². The van der Waals surface area contributed by atoms with E-state index in [1.807, 2.05) is 20.0 Å². The highest BCUT2D eigenvalue weighted by Crippen LogP contribution is 2.19. The maximum absolute atomic E-state index is 14.1. The van der Waals surface area contributed by atoms with E-state index in [0.717, 1.165) is 17.8 Å². The van der Waals surface area contributed by atoms with Crippen molar-refractivity contribution < 1.29 is 18.7 Å². The molecule has 0 saturated carbocycles. The van der Waals surface area contributed by atoms with Crippen molar-refractivity contribution >= 4 is 5.97 Å². The van der Waals surface area contributed by atoms with Crippen molar-refractivity contribution in [2.45, 2.75) is 33.6 Å². The number of nitrogens with zero attached hydrogens (tertiary/aromatic N) is 1. The minimum atomic E-state index is -0.384. The molecule has 0 aromatic heterocycles. The molecule has 0 aliphatic carbocycles. The highest BCUT2D eigenvalue weighted by molar-refractivity contribution is 5.69. The lowest BCUT2D eigenvalue weighted by atomic mass is 10.1. The van der Waals surface area contributed by atoms with Crippen molar-refractivity contribution in [1.29, 1.82) is 0 Å². The highest BCUT2D eigenvalue weighted by Gasteiger charge is 2.08. The summed E-state index contributed by atoms with van der Waals surface area (Å²) >= 11 is 0. The van der Waals surface area contributed by atoms with Crippen molar-refractivity contribution in [2.24, 2.45) is 0 Å². The van der Waals surface area contributed by atoms with Crippen LogP contribution in [-0.2, 0) is 16.0 Å². The minimum absolute atomic E-state index is 0.163. The molecule has 25 heavy (non-hydrogen) atoms. The van der Waals surface area contributed by atoms with Crippen molar-refractivity contribution in [1.82, 2.24) is 4.90 Å². The zero-order chi connectivity index (χ0) is 18.8. The smallest absolute Gasteiger partial charge is 0.306 e. The predicted octanol–water partition coefficient (Wildman–Crippen LogP) is 4.11. The third-order valence-corrected chi connectivity index (χ3v) is 3.84. The quantitative estimate of drug-likeness (QED) is 0.471. The van der Waals surface area contributed by atoms with Crippen LogP contribution in [0.25, 0.3) is 0 Å². The highest BCUT2D eigenvalue weighted by atomic mass is 19.1. The van der Waals surface area contributed by atoms with Crippen LogP contribution < -0.4 is 4.74 Å². The maximum atomic E-state index is 14.1. The van der Waals surface area contributed by atoms with Gasteiger partial charge in [-0.05, 0) is 50.5 Å². The Morgan fingerprint density at radius 2 is 2.08 bits per heavy atom. The van der Waals surface area contributed by atoms with Gasteiger partial charge in [-0.15, -0.1) is 0 Å². The Hall–Kier alpha value is -2.30. The number of ether oxygens (including phenoxy) is 2. The molecule has 0 spiro atoms. The van der Waals surface area contributed by atoms with Crippen LogP contribution in [0.15, 0.2) is 42.1 Å². The summed E-state index contributed by atoms with van der Waals surface area (Å²) in [4.78, 5) is 13.4. The average molecular weight is 349 g/mol. The fraction of sp³-hybridized carbons (Fsp3) is 0.450. The van der Waals surface area contributed by atoms with Gasteiger partial charge < -0.3 is 14.4 Å². The van der Waals surface area contributed by atoms with Gasteiger partial charge >= 0.3 is 5.97 Å². The van der Waals surface area contributed by atoms with Gasteiger partial charge in [-0.25, -0.2) is 4.39 Å². The monoisotopic (exact) mass is 349 g/mol. The second-order valence-electron chi connectivity index (χ2n) is 5.81. The number of benzene rings is 1. The Bertz CT molecular complexity index is 625. The van der Waals surface area contributed by atoms with E-state index in [1.165, 1.54) is 6.07 Å². The number of hydrogen-bond acceptors (Lipinski definition) is 4. The number of carbonyl (C=O) groups is 1. The Morgan fingerprint density at radius 1 is 1.36 bits per heavy atom.